The summed E-state index contributed by atoms with van der Waals surface area (Å²) in [7, 11) is 4.81. The third-order valence-corrected chi connectivity index (χ3v) is 0.167. The second-order valence-corrected chi connectivity index (χ2v) is 0.811. The quantitative estimate of drug-likeness (QED) is 0.463. The molecule has 0 aromatic rings. The first kappa shape index (κ1) is 9.71. The summed E-state index contributed by atoms with van der Waals surface area (Å²) in [4.78, 5) is 0. The Kier molecular flexibility index (Phi) is 24.7. The van der Waals surface area contributed by atoms with Gasteiger partial charge in [0, 0.05) is 14.2 Å². The summed E-state index contributed by atoms with van der Waals surface area (Å²) >= 11 is 0. The van der Waals surface area contributed by atoms with Gasteiger partial charge in [0.25, 0.3) is 0 Å². The van der Waals surface area contributed by atoms with E-state index in [9.17, 15) is 0 Å². The zero-order valence-corrected chi connectivity index (χ0v) is 5.10. The SMILES string of the molecule is C=COC.COC. The molecule has 0 unspecified atom stereocenters. The van der Waals surface area contributed by atoms with Gasteiger partial charge in [-0.05, 0) is 0 Å². The summed E-state index contributed by atoms with van der Waals surface area (Å²) < 4.78 is 8.56. The standard InChI is InChI=1S/C3H6O.C2H6O/c1-3-4-2;1-3-2/h3H,1H2,2H3;1-2H3. The molecule has 44 valence electrons. The second kappa shape index (κ2) is 17.8. The van der Waals surface area contributed by atoms with Crippen molar-refractivity contribution in [3.63, 3.8) is 0 Å². The lowest BCUT2D eigenvalue weighted by Crippen LogP contribution is -1.55. The van der Waals surface area contributed by atoms with Crippen LogP contribution in [0.2, 0.25) is 0 Å². The van der Waals surface area contributed by atoms with Gasteiger partial charge in [0.1, 0.15) is 0 Å². The van der Waals surface area contributed by atoms with Gasteiger partial charge in [0.15, 0.2) is 0 Å². The molecule has 0 aliphatic heterocycles. The zero-order chi connectivity index (χ0) is 6.12. The summed E-state index contributed by atoms with van der Waals surface area (Å²) in [6, 6.07) is 0. The van der Waals surface area contributed by atoms with E-state index in [1.54, 1.807) is 21.3 Å². The number of hydrogen-bond acceptors (Lipinski definition) is 2. The normalized spacial score (nSPS) is 5.57. The van der Waals surface area contributed by atoms with Gasteiger partial charge in [-0.2, -0.15) is 0 Å². The molecule has 0 rings (SSSR count). The van der Waals surface area contributed by atoms with Crippen molar-refractivity contribution in [1.29, 1.82) is 0 Å². The fourth-order valence-corrected chi connectivity index (χ4v) is 0. The van der Waals surface area contributed by atoms with E-state index in [-0.39, 0.29) is 0 Å². The summed E-state index contributed by atoms with van der Waals surface area (Å²) in [5.41, 5.74) is 0. The first-order chi connectivity index (χ1) is 3.33. The van der Waals surface area contributed by atoms with Crippen LogP contribution in [0, 0.1) is 0 Å². The highest BCUT2D eigenvalue weighted by Gasteiger charge is 1.36. The lowest BCUT2D eigenvalue weighted by atomic mass is 11.2. The lowest BCUT2D eigenvalue weighted by molar-refractivity contribution is 0.277. The molecular weight excluding hydrogens is 92.1 g/mol. The smallest absolute Gasteiger partial charge is 0.0766 e. The molecule has 0 fully saturated rings. The predicted octanol–water partition coefficient (Wildman–Crippen LogP) is 1.04. The molecule has 7 heavy (non-hydrogen) atoms. The van der Waals surface area contributed by atoms with Crippen LogP contribution in [-0.2, 0) is 9.47 Å². The van der Waals surface area contributed by atoms with Crippen molar-refractivity contribution >= 4 is 0 Å². The number of rotatable bonds is 1. The molecule has 0 saturated carbocycles. The van der Waals surface area contributed by atoms with Crippen LogP contribution in [0.4, 0.5) is 0 Å². The monoisotopic (exact) mass is 104 g/mol. The molecule has 0 bridgehead atoms. The molecular formula is C5H12O2. The molecule has 2 heteroatoms. The minimum atomic E-state index is 1.38. The highest BCUT2D eigenvalue weighted by molar-refractivity contribution is 4.43. The van der Waals surface area contributed by atoms with Crippen LogP contribution in [0.3, 0.4) is 0 Å². The van der Waals surface area contributed by atoms with Crippen molar-refractivity contribution in [3.05, 3.63) is 12.8 Å². The molecule has 0 aromatic heterocycles. The molecule has 2 nitrogen and oxygen atoms in total. The minimum Gasteiger partial charge on any atom is -0.505 e. The van der Waals surface area contributed by atoms with Crippen molar-refractivity contribution in [1.82, 2.24) is 0 Å². The van der Waals surface area contributed by atoms with Crippen molar-refractivity contribution < 1.29 is 9.47 Å². The van der Waals surface area contributed by atoms with Gasteiger partial charge in [-0.3, -0.25) is 0 Å². The fourth-order valence-electron chi connectivity index (χ4n) is 0. The van der Waals surface area contributed by atoms with Gasteiger partial charge in [0.2, 0.25) is 0 Å². The highest BCUT2D eigenvalue weighted by atomic mass is 16.5. The van der Waals surface area contributed by atoms with E-state index in [4.69, 9.17) is 0 Å². The number of hydrogen-bond donors (Lipinski definition) is 0. The van der Waals surface area contributed by atoms with E-state index in [1.807, 2.05) is 0 Å². The van der Waals surface area contributed by atoms with E-state index in [0.29, 0.717) is 0 Å². The molecule has 0 atom stereocenters. The van der Waals surface area contributed by atoms with Crippen LogP contribution in [-0.4, -0.2) is 21.3 Å². The predicted molar refractivity (Wildman–Crippen MR) is 30.1 cm³/mol. The Labute approximate surface area is 44.7 Å². The van der Waals surface area contributed by atoms with Gasteiger partial charge >= 0.3 is 0 Å². The Morgan fingerprint density at radius 3 is 1.43 bits per heavy atom. The molecule has 0 aliphatic carbocycles. The van der Waals surface area contributed by atoms with E-state index >= 15 is 0 Å². The molecule has 0 radical (unpaired) electrons. The Morgan fingerprint density at radius 2 is 1.43 bits per heavy atom. The average molecular weight is 104 g/mol. The topological polar surface area (TPSA) is 18.5 Å². The molecule has 0 spiro atoms. The third kappa shape index (κ3) is 270. The van der Waals surface area contributed by atoms with Gasteiger partial charge in [-0.25, -0.2) is 0 Å². The molecule has 0 amide bonds. The first-order valence-electron chi connectivity index (χ1n) is 1.87. The van der Waals surface area contributed by atoms with Gasteiger partial charge in [-0.15, -0.1) is 0 Å². The van der Waals surface area contributed by atoms with Crippen molar-refractivity contribution in [3.8, 4) is 0 Å². The first-order valence-corrected chi connectivity index (χ1v) is 1.87. The maximum atomic E-state index is 4.31. The minimum absolute atomic E-state index is 1.38. The fraction of sp³-hybridized carbons (Fsp3) is 0.600. The number of ether oxygens (including phenoxy) is 2. The largest absolute Gasteiger partial charge is 0.505 e. The average Bonchev–Trinajstić information content (AvgIpc) is 1.69. The van der Waals surface area contributed by atoms with Crippen molar-refractivity contribution in [2.45, 2.75) is 0 Å². The third-order valence-electron chi connectivity index (χ3n) is 0.167. The lowest BCUT2D eigenvalue weighted by Gasteiger charge is -1.73. The Balaban J connectivity index is 0. The highest BCUT2D eigenvalue weighted by Crippen LogP contribution is 1.52. The van der Waals surface area contributed by atoms with Crippen LogP contribution in [0.15, 0.2) is 12.8 Å². The molecule has 0 heterocycles. The summed E-state index contributed by atoms with van der Waals surface area (Å²) in [5.74, 6) is 0. The van der Waals surface area contributed by atoms with Crippen molar-refractivity contribution in [2.24, 2.45) is 0 Å². The Bertz CT molecular complexity index is 27.3. The summed E-state index contributed by atoms with van der Waals surface area (Å²) in [6.45, 7) is 3.26. The maximum absolute atomic E-state index is 4.31. The molecule has 0 N–H and O–H groups in total. The molecule has 0 saturated heterocycles. The van der Waals surface area contributed by atoms with E-state index in [0.717, 1.165) is 0 Å². The number of methoxy groups -OCH3 is 2. The maximum Gasteiger partial charge on any atom is 0.0766 e. The van der Waals surface area contributed by atoms with E-state index < -0.39 is 0 Å². The zero-order valence-electron chi connectivity index (χ0n) is 5.10. The molecule has 0 aliphatic rings. The van der Waals surface area contributed by atoms with Crippen LogP contribution < -0.4 is 0 Å². The molecule has 0 aromatic carbocycles. The van der Waals surface area contributed by atoms with Crippen LogP contribution in [0.1, 0.15) is 0 Å². The second-order valence-electron chi connectivity index (χ2n) is 0.811. The summed E-state index contributed by atoms with van der Waals surface area (Å²) in [6.07, 6.45) is 1.38. The van der Waals surface area contributed by atoms with Crippen LogP contribution in [0.5, 0.6) is 0 Å². The Morgan fingerprint density at radius 1 is 1.29 bits per heavy atom. The van der Waals surface area contributed by atoms with E-state index in [1.165, 1.54) is 6.26 Å². The Hall–Kier alpha value is -0.500. The van der Waals surface area contributed by atoms with Crippen molar-refractivity contribution in [2.75, 3.05) is 21.3 Å². The van der Waals surface area contributed by atoms with Crippen LogP contribution >= 0.6 is 0 Å². The summed E-state index contributed by atoms with van der Waals surface area (Å²) in [5, 5.41) is 0. The van der Waals surface area contributed by atoms with E-state index in [2.05, 4.69) is 16.1 Å². The van der Waals surface area contributed by atoms with Crippen LogP contribution in [0.25, 0.3) is 0 Å². The van der Waals surface area contributed by atoms with Gasteiger partial charge < -0.3 is 9.47 Å². The van der Waals surface area contributed by atoms with Gasteiger partial charge in [-0.1, -0.05) is 6.58 Å². The van der Waals surface area contributed by atoms with Gasteiger partial charge in [0.05, 0.1) is 13.4 Å².